The van der Waals surface area contributed by atoms with Crippen LogP contribution in [0.25, 0.3) is 0 Å². The van der Waals surface area contributed by atoms with Crippen molar-refractivity contribution < 1.29 is 5.21 Å². The molecular formula is C14H32N4O. The van der Waals surface area contributed by atoms with Gasteiger partial charge >= 0.3 is 0 Å². The minimum Gasteiger partial charge on any atom is -0.409 e. The van der Waals surface area contributed by atoms with Crippen LogP contribution in [-0.2, 0) is 0 Å². The van der Waals surface area contributed by atoms with E-state index >= 15 is 0 Å². The van der Waals surface area contributed by atoms with Crippen LogP contribution in [0.15, 0.2) is 5.16 Å². The maximum absolute atomic E-state index is 8.76. The summed E-state index contributed by atoms with van der Waals surface area (Å²) in [6, 6.07) is 0. The standard InChI is InChI=1S/C14H32N4O/c1-6-9-18(12-11-17(4)5)10-7-8-14(2,3)13(15)16-19/h19H,6-12H2,1-5H3,(H2,15,16). The van der Waals surface area contributed by atoms with E-state index in [1.807, 2.05) is 13.8 Å². The minimum absolute atomic E-state index is 0.228. The highest BCUT2D eigenvalue weighted by atomic mass is 16.4. The number of hydrogen-bond acceptors (Lipinski definition) is 4. The number of hydrogen-bond donors (Lipinski definition) is 2. The van der Waals surface area contributed by atoms with Crippen LogP contribution < -0.4 is 5.73 Å². The van der Waals surface area contributed by atoms with Crippen LogP contribution in [0.1, 0.15) is 40.0 Å². The zero-order valence-corrected chi connectivity index (χ0v) is 13.3. The first-order valence-corrected chi connectivity index (χ1v) is 7.18. The molecule has 0 rings (SSSR count). The van der Waals surface area contributed by atoms with Crippen molar-refractivity contribution in [2.24, 2.45) is 16.3 Å². The molecule has 0 amide bonds. The van der Waals surface area contributed by atoms with Crippen LogP contribution in [0.3, 0.4) is 0 Å². The summed E-state index contributed by atoms with van der Waals surface area (Å²) >= 11 is 0. The van der Waals surface area contributed by atoms with E-state index in [0.717, 1.165) is 39.0 Å². The summed E-state index contributed by atoms with van der Waals surface area (Å²) in [5.74, 6) is 0.322. The van der Waals surface area contributed by atoms with Crippen LogP contribution in [0.4, 0.5) is 0 Å². The molecule has 0 fully saturated rings. The lowest BCUT2D eigenvalue weighted by molar-refractivity contribution is 0.229. The Bertz CT molecular complexity index is 264. The van der Waals surface area contributed by atoms with Gasteiger partial charge in [0.15, 0.2) is 0 Å². The maximum atomic E-state index is 8.76. The predicted octanol–water partition coefficient (Wildman–Crippen LogP) is 1.81. The summed E-state index contributed by atoms with van der Waals surface area (Å²) in [6.45, 7) is 10.7. The first kappa shape index (κ1) is 18.2. The van der Waals surface area contributed by atoms with Gasteiger partial charge < -0.3 is 20.7 Å². The Kier molecular flexibility index (Phi) is 8.76. The smallest absolute Gasteiger partial charge is 0.144 e. The van der Waals surface area contributed by atoms with Gasteiger partial charge in [-0.15, -0.1) is 0 Å². The molecule has 0 aliphatic rings. The van der Waals surface area contributed by atoms with E-state index in [-0.39, 0.29) is 5.41 Å². The largest absolute Gasteiger partial charge is 0.409 e. The number of oxime groups is 1. The normalized spacial score (nSPS) is 13.5. The third kappa shape index (κ3) is 8.06. The number of likely N-dealkylation sites (N-methyl/N-ethyl adjacent to an activating group) is 1. The van der Waals surface area contributed by atoms with E-state index in [1.54, 1.807) is 0 Å². The molecule has 19 heavy (non-hydrogen) atoms. The van der Waals surface area contributed by atoms with Crippen molar-refractivity contribution in [3.8, 4) is 0 Å². The highest BCUT2D eigenvalue weighted by Crippen LogP contribution is 2.22. The van der Waals surface area contributed by atoms with Crippen LogP contribution in [-0.4, -0.2) is 61.1 Å². The number of nitrogens with zero attached hydrogens (tertiary/aromatic N) is 3. The van der Waals surface area contributed by atoms with Crippen molar-refractivity contribution in [2.45, 2.75) is 40.0 Å². The molecule has 114 valence electrons. The molecule has 0 bridgehead atoms. The second-order valence-corrected chi connectivity index (χ2v) is 6.12. The molecular weight excluding hydrogens is 240 g/mol. The maximum Gasteiger partial charge on any atom is 0.144 e. The lowest BCUT2D eigenvalue weighted by Gasteiger charge is -2.27. The molecule has 0 radical (unpaired) electrons. The summed E-state index contributed by atoms with van der Waals surface area (Å²) in [4.78, 5) is 4.70. The number of nitrogens with two attached hydrogens (primary N) is 1. The molecule has 3 N–H and O–H groups in total. The summed E-state index contributed by atoms with van der Waals surface area (Å²) in [5, 5.41) is 11.9. The van der Waals surface area contributed by atoms with Crippen molar-refractivity contribution >= 4 is 5.84 Å². The highest BCUT2D eigenvalue weighted by Gasteiger charge is 2.23. The molecule has 0 saturated heterocycles. The van der Waals surface area contributed by atoms with Gasteiger partial charge in [-0.3, -0.25) is 0 Å². The third-order valence-electron chi connectivity index (χ3n) is 3.48. The molecule has 0 spiro atoms. The van der Waals surface area contributed by atoms with Crippen molar-refractivity contribution in [3.05, 3.63) is 0 Å². The molecule has 5 heteroatoms. The van der Waals surface area contributed by atoms with Gasteiger partial charge in [-0.1, -0.05) is 25.9 Å². The van der Waals surface area contributed by atoms with E-state index in [2.05, 4.69) is 36.0 Å². The van der Waals surface area contributed by atoms with Gasteiger partial charge in [0.25, 0.3) is 0 Å². The molecule has 0 aliphatic carbocycles. The Morgan fingerprint density at radius 1 is 1.16 bits per heavy atom. The zero-order chi connectivity index (χ0) is 14.9. The van der Waals surface area contributed by atoms with Gasteiger partial charge in [-0.05, 0) is 46.4 Å². The van der Waals surface area contributed by atoms with Crippen LogP contribution >= 0.6 is 0 Å². The lowest BCUT2D eigenvalue weighted by Crippen LogP contribution is -2.35. The van der Waals surface area contributed by atoms with Crippen molar-refractivity contribution in [2.75, 3.05) is 40.3 Å². The zero-order valence-electron chi connectivity index (χ0n) is 13.3. The monoisotopic (exact) mass is 272 g/mol. The summed E-state index contributed by atoms with van der Waals surface area (Å²) in [5.41, 5.74) is 5.48. The molecule has 0 aromatic rings. The fraction of sp³-hybridized carbons (Fsp3) is 0.929. The molecule has 0 aromatic heterocycles. The Balaban J connectivity index is 4.11. The van der Waals surface area contributed by atoms with Crippen molar-refractivity contribution in [3.63, 3.8) is 0 Å². The fourth-order valence-electron chi connectivity index (χ4n) is 2.00. The first-order valence-electron chi connectivity index (χ1n) is 7.18. The van der Waals surface area contributed by atoms with E-state index < -0.39 is 0 Å². The fourth-order valence-corrected chi connectivity index (χ4v) is 2.00. The molecule has 0 aromatic carbocycles. The second-order valence-electron chi connectivity index (χ2n) is 6.12. The third-order valence-corrected chi connectivity index (χ3v) is 3.48. The Morgan fingerprint density at radius 2 is 1.79 bits per heavy atom. The Morgan fingerprint density at radius 3 is 2.26 bits per heavy atom. The average molecular weight is 272 g/mol. The van der Waals surface area contributed by atoms with Gasteiger partial charge in [0.1, 0.15) is 5.84 Å². The predicted molar refractivity (Wildman–Crippen MR) is 81.7 cm³/mol. The number of rotatable bonds is 10. The van der Waals surface area contributed by atoms with E-state index in [1.165, 1.54) is 6.42 Å². The van der Waals surface area contributed by atoms with Gasteiger partial charge in [0.2, 0.25) is 0 Å². The van der Waals surface area contributed by atoms with E-state index in [0.29, 0.717) is 5.84 Å². The minimum atomic E-state index is -0.228. The lowest BCUT2D eigenvalue weighted by atomic mass is 9.86. The van der Waals surface area contributed by atoms with Crippen molar-refractivity contribution in [1.82, 2.24) is 9.80 Å². The molecule has 0 aliphatic heterocycles. The molecule has 0 atom stereocenters. The molecule has 5 nitrogen and oxygen atoms in total. The van der Waals surface area contributed by atoms with Gasteiger partial charge in [-0.25, -0.2) is 0 Å². The SMILES string of the molecule is CCCN(CCCC(C)(C)C(N)=NO)CCN(C)C. The second kappa shape index (κ2) is 9.15. The quantitative estimate of drug-likeness (QED) is 0.275. The van der Waals surface area contributed by atoms with E-state index in [9.17, 15) is 0 Å². The van der Waals surface area contributed by atoms with Gasteiger partial charge in [0, 0.05) is 18.5 Å². The molecule has 0 saturated carbocycles. The summed E-state index contributed by atoms with van der Waals surface area (Å²) in [7, 11) is 4.21. The van der Waals surface area contributed by atoms with Gasteiger partial charge in [0.05, 0.1) is 0 Å². The Hall–Kier alpha value is -0.810. The molecule has 0 heterocycles. The number of amidine groups is 1. The van der Waals surface area contributed by atoms with Crippen molar-refractivity contribution in [1.29, 1.82) is 0 Å². The van der Waals surface area contributed by atoms with Crippen LogP contribution in [0.5, 0.6) is 0 Å². The Labute approximate surface area is 118 Å². The van der Waals surface area contributed by atoms with Gasteiger partial charge in [-0.2, -0.15) is 0 Å². The molecule has 0 unspecified atom stereocenters. The first-order chi connectivity index (χ1) is 8.83. The average Bonchev–Trinajstić information content (AvgIpc) is 2.34. The summed E-state index contributed by atoms with van der Waals surface area (Å²) < 4.78 is 0. The van der Waals surface area contributed by atoms with Crippen LogP contribution in [0.2, 0.25) is 0 Å². The topological polar surface area (TPSA) is 65.1 Å². The van der Waals surface area contributed by atoms with E-state index in [4.69, 9.17) is 10.9 Å². The summed E-state index contributed by atoms with van der Waals surface area (Å²) in [6.07, 6.45) is 3.18. The van der Waals surface area contributed by atoms with Crippen LogP contribution in [0, 0.1) is 5.41 Å². The highest BCUT2D eigenvalue weighted by molar-refractivity contribution is 5.85.